The van der Waals surface area contributed by atoms with Crippen molar-refractivity contribution in [2.24, 2.45) is 5.73 Å². The molecule has 0 bridgehead atoms. The molecule has 0 saturated carbocycles. The minimum Gasteiger partial charge on any atom is -0.324 e. The van der Waals surface area contributed by atoms with Gasteiger partial charge in [-0.1, -0.05) is 58.2 Å². The summed E-state index contributed by atoms with van der Waals surface area (Å²) in [4.78, 5) is 0. The van der Waals surface area contributed by atoms with Gasteiger partial charge in [-0.25, -0.2) is 0 Å². The zero-order valence-corrected chi connectivity index (χ0v) is 11.6. The first-order chi connectivity index (χ1) is 8.22. The van der Waals surface area contributed by atoms with Crippen LogP contribution in [0.15, 0.2) is 18.2 Å². The Morgan fingerprint density at radius 3 is 2.29 bits per heavy atom. The summed E-state index contributed by atoms with van der Waals surface area (Å²) in [6, 6.07) is 7.01. The Hall–Kier alpha value is -0.820. The van der Waals surface area contributed by atoms with Crippen molar-refractivity contribution in [1.29, 1.82) is 0 Å². The van der Waals surface area contributed by atoms with E-state index >= 15 is 0 Å². The van der Waals surface area contributed by atoms with Crippen LogP contribution in [0.5, 0.6) is 0 Å². The average Bonchev–Trinajstić information content (AvgIpc) is 2.38. The lowest BCUT2D eigenvalue weighted by atomic mass is 9.95. The van der Waals surface area contributed by atoms with Crippen LogP contribution < -0.4 is 5.73 Å². The van der Waals surface area contributed by atoms with E-state index in [0.29, 0.717) is 0 Å². The van der Waals surface area contributed by atoms with Crippen LogP contribution in [-0.2, 0) is 12.8 Å². The highest BCUT2D eigenvalue weighted by Gasteiger charge is 2.08. The van der Waals surface area contributed by atoms with Crippen LogP contribution in [0.1, 0.15) is 69.2 Å². The number of rotatable bonds is 7. The second-order valence-electron chi connectivity index (χ2n) is 4.84. The maximum absolute atomic E-state index is 6.25. The fraction of sp³-hybridized carbons (Fsp3) is 0.625. The maximum Gasteiger partial charge on any atom is 0.0294 e. The van der Waals surface area contributed by atoms with E-state index < -0.39 is 0 Å². The lowest BCUT2D eigenvalue weighted by molar-refractivity contribution is 0.580. The van der Waals surface area contributed by atoms with Gasteiger partial charge < -0.3 is 5.73 Å². The largest absolute Gasteiger partial charge is 0.324 e. The van der Waals surface area contributed by atoms with Crippen molar-refractivity contribution in [1.82, 2.24) is 0 Å². The Kier molecular flexibility index (Phi) is 6.28. The van der Waals surface area contributed by atoms with Crippen LogP contribution in [0, 0.1) is 0 Å². The molecule has 0 heterocycles. The molecule has 1 unspecified atom stereocenters. The highest BCUT2D eigenvalue weighted by atomic mass is 14.6. The van der Waals surface area contributed by atoms with Gasteiger partial charge in [0.25, 0.3) is 0 Å². The van der Waals surface area contributed by atoms with Gasteiger partial charge in [-0.2, -0.15) is 0 Å². The van der Waals surface area contributed by atoms with Gasteiger partial charge in [-0.15, -0.1) is 0 Å². The molecule has 0 spiro atoms. The van der Waals surface area contributed by atoms with Crippen LogP contribution in [-0.4, -0.2) is 0 Å². The molecule has 1 heteroatoms. The molecule has 1 aromatic rings. The SMILES string of the molecule is CCCCCC(N)c1ccc(CC)c(CC)c1. The van der Waals surface area contributed by atoms with Gasteiger partial charge in [0.1, 0.15) is 0 Å². The third-order valence-corrected chi connectivity index (χ3v) is 3.54. The van der Waals surface area contributed by atoms with E-state index in [9.17, 15) is 0 Å². The quantitative estimate of drug-likeness (QED) is 0.694. The van der Waals surface area contributed by atoms with Gasteiger partial charge in [0.15, 0.2) is 0 Å². The summed E-state index contributed by atoms with van der Waals surface area (Å²) in [6.07, 6.45) is 7.15. The molecule has 0 fully saturated rings. The number of unbranched alkanes of at least 4 members (excludes halogenated alkanes) is 2. The zero-order chi connectivity index (χ0) is 12.7. The molecular formula is C16H27N. The molecule has 0 aliphatic rings. The van der Waals surface area contributed by atoms with Gasteiger partial charge in [0, 0.05) is 6.04 Å². The predicted molar refractivity (Wildman–Crippen MR) is 76.3 cm³/mol. The molecule has 0 saturated heterocycles. The Morgan fingerprint density at radius 1 is 1.00 bits per heavy atom. The summed E-state index contributed by atoms with van der Waals surface area (Å²) < 4.78 is 0. The molecule has 1 aromatic carbocycles. The van der Waals surface area contributed by atoms with Gasteiger partial charge in [-0.3, -0.25) is 0 Å². The van der Waals surface area contributed by atoms with Crippen LogP contribution >= 0.6 is 0 Å². The van der Waals surface area contributed by atoms with E-state index in [1.807, 2.05) is 0 Å². The van der Waals surface area contributed by atoms with Crippen LogP contribution in [0.3, 0.4) is 0 Å². The molecule has 17 heavy (non-hydrogen) atoms. The van der Waals surface area contributed by atoms with Crippen molar-refractivity contribution in [3.63, 3.8) is 0 Å². The molecule has 1 atom stereocenters. The fourth-order valence-electron chi connectivity index (χ4n) is 2.33. The van der Waals surface area contributed by atoms with E-state index in [4.69, 9.17) is 5.73 Å². The lowest BCUT2D eigenvalue weighted by Crippen LogP contribution is -2.11. The smallest absolute Gasteiger partial charge is 0.0294 e. The van der Waals surface area contributed by atoms with E-state index in [1.165, 1.54) is 36.0 Å². The normalized spacial score (nSPS) is 12.7. The third kappa shape index (κ3) is 4.16. The van der Waals surface area contributed by atoms with Crippen molar-refractivity contribution >= 4 is 0 Å². The number of benzene rings is 1. The van der Waals surface area contributed by atoms with Gasteiger partial charge >= 0.3 is 0 Å². The summed E-state index contributed by atoms with van der Waals surface area (Å²) in [7, 11) is 0. The molecule has 0 aliphatic carbocycles. The molecule has 0 aromatic heterocycles. The Morgan fingerprint density at radius 2 is 1.71 bits per heavy atom. The first-order valence-electron chi connectivity index (χ1n) is 7.10. The number of hydrogen-bond acceptors (Lipinski definition) is 1. The summed E-state index contributed by atoms with van der Waals surface area (Å²) in [5.74, 6) is 0. The number of hydrogen-bond donors (Lipinski definition) is 1. The van der Waals surface area contributed by atoms with Crippen molar-refractivity contribution in [3.05, 3.63) is 34.9 Å². The molecule has 1 rings (SSSR count). The first-order valence-corrected chi connectivity index (χ1v) is 7.10. The van der Waals surface area contributed by atoms with E-state index in [-0.39, 0.29) is 6.04 Å². The van der Waals surface area contributed by atoms with Crippen LogP contribution in [0.2, 0.25) is 0 Å². The third-order valence-electron chi connectivity index (χ3n) is 3.54. The summed E-state index contributed by atoms with van der Waals surface area (Å²) in [5.41, 5.74) is 10.5. The van der Waals surface area contributed by atoms with Gasteiger partial charge in [0.2, 0.25) is 0 Å². The number of aryl methyl sites for hydroxylation is 2. The van der Waals surface area contributed by atoms with Crippen LogP contribution in [0.4, 0.5) is 0 Å². The van der Waals surface area contributed by atoms with Crippen LogP contribution in [0.25, 0.3) is 0 Å². The summed E-state index contributed by atoms with van der Waals surface area (Å²) >= 11 is 0. The Balaban J connectivity index is 2.70. The van der Waals surface area contributed by atoms with E-state index in [0.717, 1.165) is 19.3 Å². The van der Waals surface area contributed by atoms with Crippen molar-refractivity contribution in [3.8, 4) is 0 Å². The van der Waals surface area contributed by atoms with Crippen molar-refractivity contribution in [2.45, 2.75) is 65.3 Å². The van der Waals surface area contributed by atoms with Gasteiger partial charge in [0.05, 0.1) is 0 Å². The molecule has 0 radical (unpaired) electrons. The molecule has 0 amide bonds. The first kappa shape index (κ1) is 14.2. The molecule has 0 aliphatic heterocycles. The van der Waals surface area contributed by atoms with E-state index in [1.54, 1.807) is 0 Å². The predicted octanol–water partition coefficient (Wildman–Crippen LogP) is 4.39. The minimum atomic E-state index is 0.220. The molecule has 96 valence electrons. The topological polar surface area (TPSA) is 26.0 Å². The van der Waals surface area contributed by atoms with Crippen molar-refractivity contribution < 1.29 is 0 Å². The summed E-state index contributed by atoms with van der Waals surface area (Å²) in [5, 5.41) is 0. The number of nitrogens with two attached hydrogens (primary N) is 1. The molecular weight excluding hydrogens is 206 g/mol. The molecule has 1 nitrogen and oxygen atoms in total. The second-order valence-corrected chi connectivity index (χ2v) is 4.84. The van der Waals surface area contributed by atoms with Gasteiger partial charge in [-0.05, 0) is 36.0 Å². The summed E-state index contributed by atoms with van der Waals surface area (Å²) in [6.45, 7) is 6.67. The maximum atomic E-state index is 6.25. The van der Waals surface area contributed by atoms with E-state index in [2.05, 4.69) is 39.0 Å². The monoisotopic (exact) mass is 233 g/mol. The van der Waals surface area contributed by atoms with Crippen molar-refractivity contribution in [2.75, 3.05) is 0 Å². The Bertz CT molecular complexity index is 330. The molecule has 2 N–H and O–H groups in total. The Labute approximate surface area is 106 Å². The average molecular weight is 233 g/mol. The zero-order valence-electron chi connectivity index (χ0n) is 11.6. The second kappa shape index (κ2) is 7.50. The fourth-order valence-corrected chi connectivity index (χ4v) is 2.33. The standard InChI is InChI=1S/C16H27N/c1-4-7-8-9-16(17)15-11-10-13(5-2)14(6-3)12-15/h10-12,16H,4-9,17H2,1-3H3. The minimum absolute atomic E-state index is 0.220. The highest BCUT2D eigenvalue weighted by Crippen LogP contribution is 2.21. The highest BCUT2D eigenvalue weighted by molar-refractivity contribution is 5.33. The lowest BCUT2D eigenvalue weighted by Gasteiger charge is -2.15.